The number of carbonyl (C=O) groups is 2. The molecule has 0 aliphatic carbocycles. The Hall–Kier alpha value is -1.88. The summed E-state index contributed by atoms with van der Waals surface area (Å²) in [6, 6.07) is 5.41. The summed E-state index contributed by atoms with van der Waals surface area (Å²) in [5, 5.41) is 5.65. The molecule has 0 heterocycles. The van der Waals surface area contributed by atoms with E-state index in [2.05, 4.69) is 17.6 Å². The van der Waals surface area contributed by atoms with Crippen LogP contribution in [-0.2, 0) is 9.59 Å². The van der Waals surface area contributed by atoms with Gasteiger partial charge in [-0.05, 0) is 37.1 Å². The second kappa shape index (κ2) is 8.32. The molecule has 0 atom stereocenters. The Labute approximate surface area is 119 Å². The molecule has 20 heavy (non-hydrogen) atoms. The van der Waals surface area contributed by atoms with Crippen LogP contribution in [-0.4, -0.2) is 18.4 Å². The van der Waals surface area contributed by atoms with Crippen molar-refractivity contribution in [2.45, 2.75) is 39.5 Å². The van der Waals surface area contributed by atoms with Gasteiger partial charge in [0.25, 0.3) is 0 Å². The van der Waals surface area contributed by atoms with Crippen LogP contribution in [0.2, 0.25) is 0 Å². The normalized spacial score (nSPS) is 10.2. The van der Waals surface area contributed by atoms with E-state index in [1.54, 1.807) is 12.1 Å². The minimum absolute atomic E-state index is 0.0230. The first-order valence-corrected chi connectivity index (χ1v) is 6.97. The van der Waals surface area contributed by atoms with E-state index in [-0.39, 0.29) is 11.8 Å². The van der Waals surface area contributed by atoms with Crippen LogP contribution in [0.3, 0.4) is 0 Å². The van der Waals surface area contributed by atoms with Crippen molar-refractivity contribution in [1.82, 2.24) is 0 Å². The molecule has 0 bridgehead atoms. The van der Waals surface area contributed by atoms with Gasteiger partial charge in [0.1, 0.15) is 0 Å². The molecule has 0 radical (unpaired) electrons. The molecule has 1 rings (SSSR count). The summed E-state index contributed by atoms with van der Waals surface area (Å²) in [4.78, 5) is 23.1. The van der Waals surface area contributed by atoms with Crippen molar-refractivity contribution >= 4 is 23.2 Å². The van der Waals surface area contributed by atoms with E-state index in [4.69, 9.17) is 5.73 Å². The zero-order valence-electron chi connectivity index (χ0n) is 12.2. The minimum atomic E-state index is -0.105. The first-order chi connectivity index (χ1) is 9.56. The van der Waals surface area contributed by atoms with Crippen molar-refractivity contribution in [2.75, 3.05) is 17.2 Å². The average Bonchev–Trinajstić information content (AvgIpc) is 2.40. The van der Waals surface area contributed by atoms with Crippen LogP contribution in [0.15, 0.2) is 18.2 Å². The summed E-state index contributed by atoms with van der Waals surface area (Å²) in [6.45, 7) is 4.28. The molecule has 2 amide bonds. The highest BCUT2D eigenvalue weighted by Crippen LogP contribution is 2.20. The van der Waals surface area contributed by atoms with E-state index in [0.717, 1.165) is 24.1 Å². The Bertz CT molecular complexity index is 472. The van der Waals surface area contributed by atoms with Crippen molar-refractivity contribution < 1.29 is 9.59 Å². The molecule has 0 aliphatic heterocycles. The van der Waals surface area contributed by atoms with Gasteiger partial charge >= 0.3 is 0 Å². The number of benzene rings is 1. The maximum atomic E-state index is 11.7. The lowest BCUT2D eigenvalue weighted by Gasteiger charge is -2.11. The third-order valence-corrected chi connectivity index (χ3v) is 2.91. The number of amides is 2. The monoisotopic (exact) mass is 277 g/mol. The van der Waals surface area contributed by atoms with Crippen molar-refractivity contribution in [2.24, 2.45) is 5.73 Å². The lowest BCUT2D eigenvalue weighted by Crippen LogP contribution is -2.16. The van der Waals surface area contributed by atoms with Crippen LogP contribution in [0.25, 0.3) is 0 Å². The largest absolute Gasteiger partial charge is 0.330 e. The van der Waals surface area contributed by atoms with Gasteiger partial charge in [0.05, 0.1) is 0 Å². The molecule has 0 spiro atoms. The summed E-state index contributed by atoms with van der Waals surface area (Å²) in [5.74, 6) is -0.0819. The van der Waals surface area contributed by atoms with Gasteiger partial charge in [-0.1, -0.05) is 13.3 Å². The molecule has 0 saturated carbocycles. The smallest absolute Gasteiger partial charge is 0.225 e. The lowest BCUT2D eigenvalue weighted by molar-refractivity contribution is -0.117. The van der Waals surface area contributed by atoms with E-state index in [9.17, 15) is 9.59 Å². The van der Waals surface area contributed by atoms with Crippen molar-refractivity contribution in [1.29, 1.82) is 0 Å². The number of unbranched alkanes of at least 4 members (excludes halogenated alkanes) is 1. The van der Waals surface area contributed by atoms with Gasteiger partial charge in [0, 0.05) is 30.8 Å². The molecule has 4 N–H and O–H groups in total. The number of anilines is 2. The van der Waals surface area contributed by atoms with Crippen LogP contribution >= 0.6 is 0 Å². The standard InChI is InChI=1S/C15H23N3O2/c1-3-4-5-14(19)18-13-7-6-12(10-11(13)2)17-15(20)8-9-16/h6-7,10H,3-5,8-9,16H2,1-2H3,(H,17,20)(H,18,19). The Kier molecular flexibility index (Phi) is 6.73. The topological polar surface area (TPSA) is 84.2 Å². The van der Waals surface area contributed by atoms with Gasteiger partial charge in [0.15, 0.2) is 0 Å². The highest BCUT2D eigenvalue weighted by Gasteiger charge is 2.06. The quantitative estimate of drug-likeness (QED) is 0.715. The van der Waals surface area contributed by atoms with Gasteiger partial charge in [-0.15, -0.1) is 0 Å². The summed E-state index contributed by atoms with van der Waals surface area (Å²) < 4.78 is 0. The van der Waals surface area contributed by atoms with Gasteiger partial charge < -0.3 is 16.4 Å². The molecule has 110 valence electrons. The fraction of sp³-hybridized carbons (Fsp3) is 0.467. The van der Waals surface area contributed by atoms with Crippen molar-refractivity contribution in [3.05, 3.63) is 23.8 Å². The first-order valence-electron chi connectivity index (χ1n) is 6.97. The van der Waals surface area contributed by atoms with E-state index in [1.807, 2.05) is 13.0 Å². The number of carbonyl (C=O) groups excluding carboxylic acids is 2. The maximum absolute atomic E-state index is 11.7. The maximum Gasteiger partial charge on any atom is 0.225 e. The number of nitrogens with two attached hydrogens (primary N) is 1. The van der Waals surface area contributed by atoms with E-state index < -0.39 is 0 Å². The van der Waals surface area contributed by atoms with Crippen LogP contribution < -0.4 is 16.4 Å². The predicted molar refractivity (Wildman–Crippen MR) is 81.6 cm³/mol. The van der Waals surface area contributed by atoms with Gasteiger partial charge in [0.2, 0.25) is 11.8 Å². The van der Waals surface area contributed by atoms with E-state index >= 15 is 0 Å². The van der Waals surface area contributed by atoms with Gasteiger partial charge in [-0.25, -0.2) is 0 Å². The number of nitrogens with one attached hydrogen (secondary N) is 2. The fourth-order valence-electron chi connectivity index (χ4n) is 1.79. The van der Waals surface area contributed by atoms with Crippen LogP contribution in [0.1, 0.15) is 38.2 Å². The molecule has 1 aromatic carbocycles. The van der Waals surface area contributed by atoms with Crippen LogP contribution in [0, 0.1) is 6.92 Å². The predicted octanol–water partition coefficient (Wildman–Crippen LogP) is 2.41. The third-order valence-electron chi connectivity index (χ3n) is 2.91. The Morgan fingerprint density at radius 3 is 2.45 bits per heavy atom. The summed E-state index contributed by atoms with van der Waals surface area (Å²) >= 11 is 0. The molecule has 0 fully saturated rings. The molecular weight excluding hydrogens is 254 g/mol. The highest BCUT2D eigenvalue weighted by atomic mass is 16.2. The SMILES string of the molecule is CCCCC(=O)Nc1ccc(NC(=O)CCN)cc1C. The zero-order valence-corrected chi connectivity index (χ0v) is 12.2. The molecule has 1 aromatic rings. The first kappa shape index (κ1) is 16.2. The number of hydrogen-bond donors (Lipinski definition) is 3. The number of aryl methyl sites for hydroxylation is 1. The van der Waals surface area contributed by atoms with Crippen LogP contribution in [0.5, 0.6) is 0 Å². The zero-order chi connectivity index (χ0) is 15.0. The van der Waals surface area contributed by atoms with Gasteiger partial charge in [-0.2, -0.15) is 0 Å². The van der Waals surface area contributed by atoms with Crippen molar-refractivity contribution in [3.8, 4) is 0 Å². The number of hydrogen-bond acceptors (Lipinski definition) is 3. The minimum Gasteiger partial charge on any atom is -0.330 e. The Morgan fingerprint density at radius 2 is 1.85 bits per heavy atom. The van der Waals surface area contributed by atoms with Gasteiger partial charge in [-0.3, -0.25) is 9.59 Å². The Morgan fingerprint density at radius 1 is 1.15 bits per heavy atom. The average molecular weight is 277 g/mol. The second-order valence-electron chi connectivity index (χ2n) is 4.77. The molecular formula is C15H23N3O2. The molecule has 0 unspecified atom stereocenters. The molecule has 5 heteroatoms. The Balaban J connectivity index is 2.63. The van der Waals surface area contributed by atoms with Crippen molar-refractivity contribution in [3.63, 3.8) is 0 Å². The summed E-state index contributed by atoms with van der Waals surface area (Å²) in [5.41, 5.74) is 7.74. The molecule has 0 aromatic heterocycles. The summed E-state index contributed by atoms with van der Waals surface area (Å²) in [7, 11) is 0. The highest BCUT2D eigenvalue weighted by molar-refractivity contribution is 5.93. The third kappa shape index (κ3) is 5.40. The van der Waals surface area contributed by atoms with Crippen LogP contribution in [0.4, 0.5) is 11.4 Å². The number of rotatable bonds is 7. The molecule has 0 aliphatic rings. The molecule has 0 saturated heterocycles. The second-order valence-corrected chi connectivity index (χ2v) is 4.77. The van der Waals surface area contributed by atoms with E-state index in [1.165, 1.54) is 0 Å². The lowest BCUT2D eigenvalue weighted by atomic mass is 10.1. The fourth-order valence-corrected chi connectivity index (χ4v) is 1.79. The molecule has 5 nitrogen and oxygen atoms in total. The van der Waals surface area contributed by atoms with E-state index in [0.29, 0.717) is 25.1 Å². The summed E-state index contributed by atoms with van der Waals surface area (Å²) in [6.07, 6.45) is 2.72.